The number of hydrogen-bond acceptors (Lipinski definition) is 4. The quantitative estimate of drug-likeness (QED) is 0.497. The lowest BCUT2D eigenvalue weighted by Crippen LogP contribution is -2.57. The Balaban J connectivity index is 1.36. The number of Topliss-reactive ketones (excluding diaryl/α,β-unsaturated/α-hetero) is 1. The van der Waals surface area contributed by atoms with Gasteiger partial charge in [0, 0.05) is 11.0 Å². The van der Waals surface area contributed by atoms with Crippen LogP contribution in [0.1, 0.15) is 75.2 Å². The van der Waals surface area contributed by atoms with Gasteiger partial charge in [-0.1, -0.05) is 45.0 Å². The van der Waals surface area contributed by atoms with Gasteiger partial charge in [0.1, 0.15) is 6.04 Å². The molecule has 0 heterocycles. The van der Waals surface area contributed by atoms with Gasteiger partial charge in [-0.3, -0.25) is 9.59 Å². The third-order valence-electron chi connectivity index (χ3n) is 7.76. The van der Waals surface area contributed by atoms with E-state index in [1.54, 1.807) is 12.1 Å². The van der Waals surface area contributed by atoms with Crippen LogP contribution in [0.5, 0.6) is 0 Å². The Morgan fingerprint density at radius 1 is 1.00 bits per heavy atom. The third-order valence-corrected chi connectivity index (χ3v) is 7.76. The van der Waals surface area contributed by atoms with E-state index in [9.17, 15) is 14.4 Å². The van der Waals surface area contributed by atoms with Gasteiger partial charge in [-0.2, -0.15) is 0 Å². The van der Waals surface area contributed by atoms with Crippen molar-refractivity contribution in [2.75, 3.05) is 6.61 Å². The number of ether oxygens (including phenoxy) is 1. The zero-order chi connectivity index (χ0) is 22.2. The normalized spacial score (nSPS) is 29.6. The molecule has 1 amide bonds. The fourth-order valence-corrected chi connectivity index (χ4v) is 6.42. The van der Waals surface area contributed by atoms with Crippen LogP contribution in [0.3, 0.4) is 0 Å². The summed E-state index contributed by atoms with van der Waals surface area (Å²) in [6.45, 7) is 5.55. The molecule has 5 rings (SSSR count). The van der Waals surface area contributed by atoms with Crippen LogP contribution < -0.4 is 5.32 Å². The van der Waals surface area contributed by atoms with Gasteiger partial charge >= 0.3 is 5.97 Å². The van der Waals surface area contributed by atoms with Gasteiger partial charge in [0.25, 0.3) is 0 Å². The number of esters is 1. The number of carbonyl (C=O) groups excluding carboxylic acids is 3. The Hall–Kier alpha value is -2.17. The van der Waals surface area contributed by atoms with Crippen molar-refractivity contribution in [3.05, 3.63) is 35.4 Å². The molecule has 4 aliphatic carbocycles. The summed E-state index contributed by atoms with van der Waals surface area (Å²) in [4.78, 5) is 38.6. The van der Waals surface area contributed by atoms with Crippen molar-refractivity contribution in [1.29, 1.82) is 0 Å². The summed E-state index contributed by atoms with van der Waals surface area (Å²) in [5.41, 5.74) is 1.38. The van der Waals surface area contributed by atoms with Gasteiger partial charge in [-0.15, -0.1) is 0 Å². The van der Waals surface area contributed by atoms with E-state index in [0.29, 0.717) is 23.3 Å². The molecule has 168 valence electrons. The molecule has 4 aliphatic rings. The van der Waals surface area contributed by atoms with E-state index in [4.69, 9.17) is 4.74 Å². The molecule has 4 saturated carbocycles. The SMILES string of the molecule is CCc1ccc(C(=O)COC(=O)[C@H](NC(=O)C23CC4CC(CC(C4)C2)C3)C(C)C)cc1. The van der Waals surface area contributed by atoms with E-state index in [0.717, 1.165) is 31.2 Å². The van der Waals surface area contributed by atoms with Crippen LogP contribution >= 0.6 is 0 Å². The fourth-order valence-electron chi connectivity index (χ4n) is 6.42. The molecule has 0 unspecified atom stereocenters. The summed E-state index contributed by atoms with van der Waals surface area (Å²) < 4.78 is 5.35. The van der Waals surface area contributed by atoms with Gasteiger partial charge < -0.3 is 10.1 Å². The Kier molecular flexibility index (Phi) is 6.23. The minimum atomic E-state index is -0.726. The highest BCUT2D eigenvalue weighted by Crippen LogP contribution is 2.60. The monoisotopic (exact) mass is 425 g/mol. The fraction of sp³-hybridized carbons (Fsp3) is 0.654. The summed E-state index contributed by atoms with van der Waals surface area (Å²) >= 11 is 0. The van der Waals surface area contributed by atoms with Gasteiger partial charge in [0.05, 0.1) is 0 Å². The maximum absolute atomic E-state index is 13.4. The molecule has 1 aromatic carbocycles. The van der Waals surface area contributed by atoms with Crippen LogP contribution in [-0.4, -0.2) is 30.3 Å². The van der Waals surface area contributed by atoms with E-state index in [-0.39, 0.29) is 29.6 Å². The van der Waals surface area contributed by atoms with Crippen LogP contribution in [0, 0.1) is 29.1 Å². The topological polar surface area (TPSA) is 72.5 Å². The Bertz CT molecular complexity index is 806. The first-order chi connectivity index (χ1) is 14.8. The van der Waals surface area contributed by atoms with Crippen LogP contribution in [0.4, 0.5) is 0 Å². The van der Waals surface area contributed by atoms with Crippen LogP contribution in [-0.2, 0) is 20.7 Å². The largest absolute Gasteiger partial charge is 0.456 e. The molecule has 4 bridgehead atoms. The summed E-state index contributed by atoms with van der Waals surface area (Å²) in [7, 11) is 0. The first-order valence-corrected chi connectivity index (χ1v) is 11.9. The Morgan fingerprint density at radius 3 is 2.03 bits per heavy atom. The highest BCUT2D eigenvalue weighted by atomic mass is 16.5. The van der Waals surface area contributed by atoms with Crippen molar-refractivity contribution >= 4 is 17.7 Å². The molecule has 1 atom stereocenters. The number of carbonyl (C=O) groups is 3. The van der Waals surface area contributed by atoms with Crippen molar-refractivity contribution in [1.82, 2.24) is 5.32 Å². The van der Waals surface area contributed by atoms with Crippen LogP contribution in [0.2, 0.25) is 0 Å². The van der Waals surface area contributed by atoms with Crippen molar-refractivity contribution in [3.63, 3.8) is 0 Å². The summed E-state index contributed by atoms with van der Waals surface area (Å²) in [5, 5.41) is 3.03. The van der Waals surface area contributed by atoms with Crippen molar-refractivity contribution in [2.45, 2.75) is 71.8 Å². The second-order valence-electron chi connectivity index (χ2n) is 10.5. The van der Waals surface area contributed by atoms with E-state index in [1.807, 2.05) is 26.0 Å². The lowest BCUT2D eigenvalue weighted by molar-refractivity contribution is -0.154. The highest BCUT2D eigenvalue weighted by molar-refractivity contribution is 5.98. The molecule has 0 aromatic heterocycles. The molecular weight excluding hydrogens is 390 g/mol. The maximum Gasteiger partial charge on any atom is 0.329 e. The molecule has 0 spiro atoms. The predicted octanol–water partition coefficient (Wildman–Crippen LogP) is 4.33. The third kappa shape index (κ3) is 4.56. The molecule has 5 nitrogen and oxygen atoms in total. The van der Waals surface area contributed by atoms with Gasteiger partial charge in [0.15, 0.2) is 12.4 Å². The smallest absolute Gasteiger partial charge is 0.329 e. The molecule has 5 heteroatoms. The molecule has 0 saturated heterocycles. The maximum atomic E-state index is 13.4. The second-order valence-corrected chi connectivity index (χ2v) is 10.5. The number of rotatable bonds is 8. The van der Waals surface area contributed by atoms with Gasteiger partial charge in [0.2, 0.25) is 5.91 Å². The zero-order valence-electron chi connectivity index (χ0n) is 19.0. The molecule has 1 N–H and O–H groups in total. The minimum absolute atomic E-state index is 0.0173. The van der Waals surface area contributed by atoms with Gasteiger partial charge in [-0.05, 0) is 74.2 Å². The molecule has 31 heavy (non-hydrogen) atoms. The molecule has 0 aliphatic heterocycles. The first kappa shape index (κ1) is 22.0. The number of benzene rings is 1. The number of nitrogens with one attached hydrogen (secondary N) is 1. The molecular formula is C26H35NO4. The Labute approximate surface area is 185 Å². The van der Waals surface area contributed by atoms with Crippen LogP contribution in [0.25, 0.3) is 0 Å². The van der Waals surface area contributed by atoms with E-state index in [1.165, 1.54) is 19.3 Å². The molecule has 4 fully saturated rings. The zero-order valence-corrected chi connectivity index (χ0v) is 19.0. The second kappa shape index (κ2) is 8.76. The summed E-state index contributed by atoms with van der Waals surface area (Å²) in [6, 6.07) is 6.64. The van der Waals surface area contributed by atoms with E-state index in [2.05, 4.69) is 12.2 Å². The minimum Gasteiger partial charge on any atom is -0.456 e. The molecule has 1 aromatic rings. The number of amides is 1. The number of hydrogen-bond donors (Lipinski definition) is 1. The van der Waals surface area contributed by atoms with Crippen molar-refractivity contribution in [2.24, 2.45) is 29.1 Å². The summed E-state index contributed by atoms with van der Waals surface area (Å²) in [5.74, 6) is 1.15. The Morgan fingerprint density at radius 2 is 1.55 bits per heavy atom. The number of ketones is 1. The lowest BCUT2D eigenvalue weighted by atomic mass is 9.49. The number of aryl methyl sites for hydroxylation is 1. The van der Waals surface area contributed by atoms with Crippen molar-refractivity contribution in [3.8, 4) is 0 Å². The summed E-state index contributed by atoms with van der Waals surface area (Å²) in [6.07, 6.45) is 7.57. The van der Waals surface area contributed by atoms with Crippen LogP contribution in [0.15, 0.2) is 24.3 Å². The van der Waals surface area contributed by atoms with E-state index >= 15 is 0 Å². The predicted molar refractivity (Wildman–Crippen MR) is 118 cm³/mol. The lowest BCUT2D eigenvalue weighted by Gasteiger charge is -2.55. The van der Waals surface area contributed by atoms with Crippen molar-refractivity contribution < 1.29 is 19.1 Å². The highest BCUT2D eigenvalue weighted by Gasteiger charge is 2.55. The van der Waals surface area contributed by atoms with E-state index < -0.39 is 12.0 Å². The molecule has 0 radical (unpaired) electrons. The van der Waals surface area contributed by atoms with Gasteiger partial charge in [-0.25, -0.2) is 4.79 Å². The standard InChI is InChI=1S/C26H35NO4/c1-4-17-5-7-21(8-6-17)22(28)15-31-24(29)23(16(2)3)27-25(30)26-12-18-9-19(13-26)11-20(10-18)14-26/h5-8,16,18-20,23H,4,9-15H2,1-3H3,(H,27,30)/t18?,19?,20?,23-,26?/m1/s1. The average Bonchev–Trinajstić information content (AvgIpc) is 2.74. The first-order valence-electron chi connectivity index (χ1n) is 11.9. The average molecular weight is 426 g/mol.